The number of piperidine rings is 1. The molecule has 0 N–H and O–H groups in total. The number of benzene rings is 1. The fourth-order valence-corrected chi connectivity index (χ4v) is 5.36. The highest BCUT2D eigenvalue weighted by Crippen LogP contribution is 2.38. The lowest BCUT2D eigenvalue weighted by atomic mass is 9.97. The molecule has 1 saturated heterocycles. The molecule has 4 rings (SSSR count). The molecular formula is C24H26ClN3O4S. The van der Waals surface area contributed by atoms with Gasteiger partial charge in [-0.1, -0.05) is 30.3 Å². The third-order valence-corrected chi connectivity index (χ3v) is 7.15. The lowest BCUT2D eigenvalue weighted by Gasteiger charge is -2.32. The van der Waals surface area contributed by atoms with Gasteiger partial charge in [-0.15, -0.1) is 11.3 Å². The van der Waals surface area contributed by atoms with E-state index in [9.17, 15) is 9.59 Å². The van der Waals surface area contributed by atoms with Crippen molar-refractivity contribution in [1.29, 1.82) is 0 Å². The largest absolute Gasteiger partial charge is 0.466 e. The van der Waals surface area contributed by atoms with Crippen molar-refractivity contribution in [2.45, 2.75) is 33.1 Å². The van der Waals surface area contributed by atoms with E-state index >= 15 is 0 Å². The summed E-state index contributed by atoms with van der Waals surface area (Å²) in [4.78, 5) is 37.0. The summed E-state index contributed by atoms with van der Waals surface area (Å²) in [5.41, 5.74) is 1.91. The van der Waals surface area contributed by atoms with Crippen LogP contribution in [0.5, 0.6) is 0 Å². The van der Waals surface area contributed by atoms with Gasteiger partial charge in [-0.2, -0.15) is 4.98 Å². The van der Waals surface area contributed by atoms with Crippen LogP contribution in [0.15, 0.2) is 30.3 Å². The summed E-state index contributed by atoms with van der Waals surface area (Å²) in [6.07, 6.45) is 2.02. The summed E-state index contributed by atoms with van der Waals surface area (Å²) < 4.78 is 10.7. The third kappa shape index (κ3) is 5.28. The molecule has 0 atom stereocenters. The zero-order chi connectivity index (χ0) is 23.4. The molecule has 9 heteroatoms. The number of thiophene rings is 1. The standard InChI is InChI=1S/C24H26ClN3O4S/c1-3-31-22(29)17-9-12-28(13-10-17)20-18-15(2)19(33-21(18)27-24(25)26-20)23(30)32-14-11-16-7-5-4-6-8-16/h4-8,17H,3,9-14H2,1-2H3. The predicted octanol–water partition coefficient (Wildman–Crippen LogP) is 4.83. The Hall–Kier alpha value is -2.71. The topological polar surface area (TPSA) is 81.6 Å². The minimum atomic E-state index is -0.366. The Balaban J connectivity index is 1.51. The number of aromatic nitrogens is 2. The molecule has 3 aromatic rings. The van der Waals surface area contributed by atoms with Crippen LogP contribution in [0.1, 0.15) is 40.6 Å². The number of hydrogen-bond acceptors (Lipinski definition) is 8. The van der Waals surface area contributed by atoms with Crippen molar-refractivity contribution in [3.05, 3.63) is 51.6 Å². The molecule has 3 heterocycles. The van der Waals surface area contributed by atoms with Crippen LogP contribution < -0.4 is 4.90 Å². The predicted molar refractivity (Wildman–Crippen MR) is 129 cm³/mol. The molecule has 0 saturated carbocycles. The first kappa shape index (κ1) is 23.4. The van der Waals surface area contributed by atoms with Gasteiger partial charge in [0.25, 0.3) is 0 Å². The van der Waals surface area contributed by atoms with E-state index in [2.05, 4.69) is 14.9 Å². The Bertz CT molecular complexity index is 1140. The average molecular weight is 488 g/mol. The van der Waals surface area contributed by atoms with Crippen LogP contribution in [0.25, 0.3) is 10.2 Å². The molecule has 0 radical (unpaired) electrons. The van der Waals surface area contributed by atoms with Crippen molar-refractivity contribution in [3.63, 3.8) is 0 Å². The minimum Gasteiger partial charge on any atom is -0.466 e. The zero-order valence-electron chi connectivity index (χ0n) is 18.7. The van der Waals surface area contributed by atoms with E-state index in [-0.39, 0.29) is 23.1 Å². The molecule has 0 amide bonds. The van der Waals surface area contributed by atoms with E-state index in [1.165, 1.54) is 11.3 Å². The zero-order valence-corrected chi connectivity index (χ0v) is 20.2. The first-order valence-corrected chi connectivity index (χ1v) is 12.3. The van der Waals surface area contributed by atoms with Crippen LogP contribution in [0.4, 0.5) is 5.82 Å². The molecule has 0 spiro atoms. The molecule has 1 aliphatic rings. The molecule has 0 unspecified atom stereocenters. The van der Waals surface area contributed by atoms with E-state index in [0.717, 1.165) is 16.5 Å². The van der Waals surface area contributed by atoms with E-state index in [4.69, 9.17) is 21.1 Å². The van der Waals surface area contributed by atoms with Crippen LogP contribution in [-0.4, -0.2) is 48.2 Å². The fourth-order valence-electron chi connectivity index (χ4n) is 4.07. The number of rotatable bonds is 7. The average Bonchev–Trinajstić information content (AvgIpc) is 3.15. The van der Waals surface area contributed by atoms with Crippen LogP contribution in [-0.2, 0) is 20.7 Å². The van der Waals surface area contributed by atoms with Gasteiger partial charge in [0, 0.05) is 19.5 Å². The Kier molecular flexibility index (Phi) is 7.45. The number of carbonyl (C=O) groups is 2. The second-order valence-electron chi connectivity index (χ2n) is 7.94. The highest BCUT2D eigenvalue weighted by Gasteiger charge is 2.29. The van der Waals surface area contributed by atoms with E-state index in [1.807, 2.05) is 44.2 Å². The van der Waals surface area contributed by atoms with Gasteiger partial charge in [0.2, 0.25) is 5.28 Å². The summed E-state index contributed by atoms with van der Waals surface area (Å²) in [6, 6.07) is 9.90. The molecule has 33 heavy (non-hydrogen) atoms. The molecule has 0 aliphatic carbocycles. The Morgan fingerprint density at radius 2 is 1.88 bits per heavy atom. The number of esters is 2. The Morgan fingerprint density at radius 3 is 2.58 bits per heavy atom. The van der Waals surface area contributed by atoms with Crippen molar-refractivity contribution in [1.82, 2.24) is 9.97 Å². The number of aryl methyl sites for hydroxylation is 1. The number of nitrogens with zero attached hydrogens (tertiary/aromatic N) is 3. The van der Waals surface area contributed by atoms with Crippen LogP contribution >= 0.6 is 22.9 Å². The van der Waals surface area contributed by atoms with Crippen LogP contribution in [0.3, 0.4) is 0 Å². The summed E-state index contributed by atoms with van der Waals surface area (Å²) in [5.74, 6) is 0.0851. The SMILES string of the molecule is CCOC(=O)C1CCN(c2nc(Cl)nc3sc(C(=O)OCCc4ccccc4)c(C)c23)CC1. The number of hydrogen-bond donors (Lipinski definition) is 0. The van der Waals surface area contributed by atoms with Gasteiger partial charge in [0.05, 0.1) is 24.5 Å². The first-order valence-electron chi connectivity index (χ1n) is 11.1. The quantitative estimate of drug-likeness (QED) is 0.348. The molecule has 0 bridgehead atoms. The molecule has 174 valence electrons. The van der Waals surface area contributed by atoms with Gasteiger partial charge in [0.1, 0.15) is 15.5 Å². The van der Waals surface area contributed by atoms with Gasteiger partial charge < -0.3 is 14.4 Å². The molecule has 7 nitrogen and oxygen atoms in total. The van der Waals surface area contributed by atoms with Crippen molar-refractivity contribution in [2.75, 3.05) is 31.2 Å². The summed E-state index contributed by atoms with van der Waals surface area (Å²) in [6.45, 7) is 5.70. The van der Waals surface area contributed by atoms with Gasteiger partial charge >= 0.3 is 11.9 Å². The van der Waals surface area contributed by atoms with Gasteiger partial charge in [-0.25, -0.2) is 9.78 Å². The normalized spacial score (nSPS) is 14.5. The third-order valence-electron chi connectivity index (χ3n) is 5.81. The fraction of sp³-hybridized carbons (Fsp3) is 0.417. The van der Waals surface area contributed by atoms with Crippen molar-refractivity contribution in [3.8, 4) is 0 Å². The maximum Gasteiger partial charge on any atom is 0.348 e. The summed E-state index contributed by atoms with van der Waals surface area (Å²) >= 11 is 7.50. The van der Waals surface area contributed by atoms with Crippen LogP contribution in [0.2, 0.25) is 5.28 Å². The monoisotopic (exact) mass is 487 g/mol. The Morgan fingerprint density at radius 1 is 1.15 bits per heavy atom. The van der Waals surface area contributed by atoms with Gasteiger partial charge in [0.15, 0.2) is 0 Å². The number of ether oxygens (including phenoxy) is 2. The van der Waals surface area contributed by atoms with Gasteiger partial charge in [-0.3, -0.25) is 4.79 Å². The van der Waals surface area contributed by atoms with E-state index in [1.54, 1.807) is 0 Å². The van der Waals surface area contributed by atoms with Crippen molar-refractivity contribution >= 4 is 50.9 Å². The summed E-state index contributed by atoms with van der Waals surface area (Å²) in [7, 11) is 0. The maximum atomic E-state index is 12.8. The molecule has 1 aliphatic heterocycles. The number of carbonyl (C=O) groups excluding carboxylic acids is 2. The van der Waals surface area contributed by atoms with Crippen molar-refractivity contribution < 1.29 is 19.1 Å². The number of anilines is 1. The number of halogens is 1. The molecule has 2 aromatic heterocycles. The Labute approximate surface area is 201 Å². The highest BCUT2D eigenvalue weighted by molar-refractivity contribution is 7.20. The number of fused-ring (bicyclic) bond motifs is 1. The smallest absolute Gasteiger partial charge is 0.348 e. The summed E-state index contributed by atoms with van der Waals surface area (Å²) in [5, 5.41) is 0.948. The molecule has 1 aromatic carbocycles. The molecule has 1 fully saturated rings. The minimum absolute atomic E-state index is 0.104. The van der Waals surface area contributed by atoms with Gasteiger partial charge in [-0.05, 0) is 49.4 Å². The lowest BCUT2D eigenvalue weighted by Crippen LogP contribution is -2.37. The lowest BCUT2D eigenvalue weighted by molar-refractivity contribution is -0.148. The first-order chi connectivity index (χ1) is 16.0. The highest BCUT2D eigenvalue weighted by atomic mass is 35.5. The van der Waals surface area contributed by atoms with Crippen molar-refractivity contribution in [2.24, 2.45) is 5.92 Å². The van der Waals surface area contributed by atoms with Crippen LogP contribution in [0, 0.1) is 12.8 Å². The maximum absolute atomic E-state index is 12.8. The second kappa shape index (κ2) is 10.5. The van der Waals surface area contributed by atoms with E-state index in [0.29, 0.717) is 61.1 Å². The van der Waals surface area contributed by atoms with E-state index < -0.39 is 0 Å². The second-order valence-corrected chi connectivity index (χ2v) is 9.27. The molecular weight excluding hydrogens is 462 g/mol.